The van der Waals surface area contributed by atoms with Gasteiger partial charge in [0.1, 0.15) is 11.5 Å². The molecule has 0 saturated carbocycles. The molecule has 0 radical (unpaired) electrons. The summed E-state index contributed by atoms with van der Waals surface area (Å²) in [7, 11) is 0. The number of phenols is 1. The first-order valence-electron chi connectivity index (χ1n) is 8.13. The SMILES string of the molecule is Cc1cccc(N2CCN(C(=O)COc3ccc(O)cc3)CC2)c1. The molecule has 0 bridgehead atoms. The maximum Gasteiger partial charge on any atom is 0.260 e. The van der Waals surface area contributed by atoms with Crippen LogP contribution in [0.1, 0.15) is 5.56 Å². The van der Waals surface area contributed by atoms with Crippen LogP contribution in [-0.2, 0) is 4.79 Å². The van der Waals surface area contributed by atoms with Gasteiger partial charge >= 0.3 is 0 Å². The molecule has 24 heavy (non-hydrogen) atoms. The van der Waals surface area contributed by atoms with Gasteiger partial charge in [0.2, 0.25) is 0 Å². The van der Waals surface area contributed by atoms with Gasteiger partial charge in [-0.1, -0.05) is 12.1 Å². The molecule has 1 amide bonds. The molecule has 0 spiro atoms. The summed E-state index contributed by atoms with van der Waals surface area (Å²) in [5, 5.41) is 9.24. The molecule has 2 aromatic rings. The van der Waals surface area contributed by atoms with Gasteiger partial charge in [0.05, 0.1) is 0 Å². The van der Waals surface area contributed by atoms with Crippen LogP contribution >= 0.6 is 0 Å². The first-order valence-corrected chi connectivity index (χ1v) is 8.13. The fourth-order valence-corrected chi connectivity index (χ4v) is 2.82. The number of hydrogen-bond acceptors (Lipinski definition) is 4. The van der Waals surface area contributed by atoms with Crippen LogP contribution in [0.5, 0.6) is 11.5 Å². The Bertz CT molecular complexity index is 692. The predicted molar refractivity (Wildman–Crippen MR) is 93.6 cm³/mol. The Balaban J connectivity index is 1.49. The number of anilines is 1. The third-order valence-corrected chi connectivity index (χ3v) is 4.20. The highest BCUT2D eigenvalue weighted by molar-refractivity contribution is 5.78. The Morgan fingerprint density at radius 3 is 2.46 bits per heavy atom. The fourth-order valence-electron chi connectivity index (χ4n) is 2.82. The first-order chi connectivity index (χ1) is 11.6. The van der Waals surface area contributed by atoms with Crippen molar-refractivity contribution in [3.63, 3.8) is 0 Å². The van der Waals surface area contributed by atoms with E-state index in [-0.39, 0.29) is 18.3 Å². The number of benzene rings is 2. The van der Waals surface area contributed by atoms with Crippen molar-refractivity contribution in [3.8, 4) is 11.5 Å². The second-order valence-corrected chi connectivity index (χ2v) is 5.99. The molecule has 126 valence electrons. The number of piperazine rings is 1. The molecule has 1 saturated heterocycles. The molecule has 0 aromatic heterocycles. The van der Waals surface area contributed by atoms with E-state index in [9.17, 15) is 9.90 Å². The molecule has 1 N–H and O–H groups in total. The minimum absolute atomic E-state index is 0.00744. The van der Waals surface area contributed by atoms with Crippen LogP contribution in [0.25, 0.3) is 0 Å². The van der Waals surface area contributed by atoms with Crippen molar-refractivity contribution >= 4 is 11.6 Å². The van der Waals surface area contributed by atoms with E-state index in [4.69, 9.17) is 4.74 Å². The predicted octanol–water partition coefficient (Wildman–Crippen LogP) is 2.43. The third kappa shape index (κ3) is 3.98. The molecular weight excluding hydrogens is 304 g/mol. The first kappa shape index (κ1) is 16.2. The maximum absolute atomic E-state index is 12.3. The van der Waals surface area contributed by atoms with Crippen LogP contribution in [-0.4, -0.2) is 48.7 Å². The Labute approximate surface area is 142 Å². The molecule has 0 atom stereocenters. The monoisotopic (exact) mass is 326 g/mol. The molecule has 5 heteroatoms. The quantitative estimate of drug-likeness (QED) is 0.937. The number of hydrogen-bond donors (Lipinski definition) is 1. The van der Waals surface area contributed by atoms with Gasteiger partial charge in [-0.3, -0.25) is 4.79 Å². The van der Waals surface area contributed by atoms with E-state index in [2.05, 4.69) is 36.1 Å². The van der Waals surface area contributed by atoms with E-state index < -0.39 is 0 Å². The average Bonchev–Trinajstić information content (AvgIpc) is 2.61. The summed E-state index contributed by atoms with van der Waals surface area (Å²) in [5.41, 5.74) is 2.45. The minimum atomic E-state index is -0.00744. The lowest BCUT2D eigenvalue weighted by Gasteiger charge is -2.36. The van der Waals surface area contributed by atoms with Crippen LogP contribution in [0, 0.1) is 6.92 Å². The van der Waals surface area contributed by atoms with Crippen molar-refractivity contribution in [2.24, 2.45) is 0 Å². The van der Waals surface area contributed by atoms with E-state index in [0.717, 1.165) is 13.1 Å². The van der Waals surface area contributed by atoms with Crippen molar-refractivity contribution in [2.75, 3.05) is 37.7 Å². The van der Waals surface area contributed by atoms with Crippen molar-refractivity contribution < 1.29 is 14.6 Å². The van der Waals surface area contributed by atoms with Gasteiger partial charge in [-0.2, -0.15) is 0 Å². The normalized spacial score (nSPS) is 14.5. The van der Waals surface area contributed by atoms with Gasteiger partial charge in [-0.05, 0) is 48.9 Å². The van der Waals surface area contributed by atoms with Crippen LogP contribution in [0.4, 0.5) is 5.69 Å². The molecule has 0 aliphatic carbocycles. The Hall–Kier alpha value is -2.69. The molecule has 1 fully saturated rings. The van der Waals surface area contributed by atoms with E-state index in [1.54, 1.807) is 24.3 Å². The van der Waals surface area contributed by atoms with Gasteiger partial charge in [0.25, 0.3) is 5.91 Å². The van der Waals surface area contributed by atoms with Crippen molar-refractivity contribution in [2.45, 2.75) is 6.92 Å². The highest BCUT2D eigenvalue weighted by Crippen LogP contribution is 2.18. The number of carbonyl (C=O) groups excluding carboxylic acids is 1. The zero-order valence-corrected chi connectivity index (χ0v) is 13.8. The van der Waals surface area contributed by atoms with E-state index >= 15 is 0 Å². The summed E-state index contributed by atoms with van der Waals surface area (Å²) in [4.78, 5) is 16.4. The Morgan fingerprint density at radius 2 is 1.79 bits per heavy atom. The smallest absolute Gasteiger partial charge is 0.260 e. The van der Waals surface area contributed by atoms with Crippen LogP contribution in [0.3, 0.4) is 0 Å². The van der Waals surface area contributed by atoms with Gasteiger partial charge in [0.15, 0.2) is 6.61 Å². The summed E-state index contributed by atoms with van der Waals surface area (Å²) >= 11 is 0. The highest BCUT2D eigenvalue weighted by Gasteiger charge is 2.21. The zero-order chi connectivity index (χ0) is 16.9. The lowest BCUT2D eigenvalue weighted by molar-refractivity contribution is -0.133. The number of aromatic hydroxyl groups is 1. The van der Waals surface area contributed by atoms with Crippen molar-refractivity contribution in [3.05, 3.63) is 54.1 Å². The summed E-state index contributed by atoms with van der Waals surface area (Å²) in [6.45, 7) is 5.17. The Morgan fingerprint density at radius 1 is 1.08 bits per heavy atom. The molecule has 2 aromatic carbocycles. The standard InChI is InChI=1S/C19H22N2O3/c1-15-3-2-4-16(13-15)20-9-11-21(12-10-20)19(23)14-24-18-7-5-17(22)6-8-18/h2-8,13,22H,9-12,14H2,1H3. The van der Waals surface area contributed by atoms with Crippen LogP contribution in [0.15, 0.2) is 48.5 Å². The Kier molecular flexibility index (Phi) is 4.89. The third-order valence-electron chi connectivity index (χ3n) is 4.20. The molecular formula is C19H22N2O3. The second-order valence-electron chi connectivity index (χ2n) is 5.99. The summed E-state index contributed by atoms with van der Waals surface area (Å²) in [6.07, 6.45) is 0. The summed E-state index contributed by atoms with van der Waals surface area (Å²) in [5.74, 6) is 0.757. The fraction of sp³-hybridized carbons (Fsp3) is 0.316. The van der Waals surface area contributed by atoms with Gasteiger partial charge in [-0.25, -0.2) is 0 Å². The number of phenolic OH excluding ortho intramolecular Hbond substituents is 1. The lowest BCUT2D eigenvalue weighted by Crippen LogP contribution is -2.50. The van der Waals surface area contributed by atoms with E-state index in [1.165, 1.54) is 11.3 Å². The highest BCUT2D eigenvalue weighted by atomic mass is 16.5. The molecule has 1 heterocycles. The number of amides is 1. The molecule has 5 nitrogen and oxygen atoms in total. The minimum Gasteiger partial charge on any atom is -0.508 e. The molecule has 1 aliphatic heterocycles. The van der Waals surface area contributed by atoms with Crippen LogP contribution < -0.4 is 9.64 Å². The van der Waals surface area contributed by atoms with Crippen LogP contribution in [0.2, 0.25) is 0 Å². The number of nitrogens with zero attached hydrogens (tertiary/aromatic N) is 2. The van der Waals surface area contributed by atoms with Gasteiger partial charge in [0, 0.05) is 31.9 Å². The zero-order valence-electron chi connectivity index (χ0n) is 13.8. The van der Waals surface area contributed by atoms with Gasteiger partial charge in [-0.15, -0.1) is 0 Å². The summed E-state index contributed by atoms with van der Waals surface area (Å²) in [6, 6.07) is 14.8. The maximum atomic E-state index is 12.3. The summed E-state index contributed by atoms with van der Waals surface area (Å²) < 4.78 is 5.49. The number of aryl methyl sites for hydroxylation is 1. The molecule has 0 unspecified atom stereocenters. The van der Waals surface area contributed by atoms with E-state index in [0.29, 0.717) is 18.8 Å². The largest absolute Gasteiger partial charge is 0.508 e. The number of ether oxygens (including phenoxy) is 1. The number of rotatable bonds is 4. The molecule has 3 rings (SSSR count). The van der Waals surface area contributed by atoms with Crippen molar-refractivity contribution in [1.29, 1.82) is 0 Å². The van der Waals surface area contributed by atoms with Gasteiger partial charge < -0.3 is 19.6 Å². The van der Waals surface area contributed by atoms with Crippen molar-refractivity contribution in [1.82, 2.24) is 4.90 Å². The second kappa shape index (κ2) is 7.25. The molecule has 1 aliphatic rings. The average molecular weight is 326 g/mol. The topological polar surface area (TPSA) is 53.0 Å². The number of carbonyl (C=O) groups is 1. The lowest BCUT2D eigenvalue weighted by atomic mass is 10.2. The van der Waals surface area contributed by atoms with E-state index in [1.807, 2.05) is 4.90 Å².